The van der Waals surface area contributed by atoms with E-state index in [-0.39, 0.29) is 50.7 Å². The Kier molecular flexibility index (Phi) is 41.6. The number of hydrogen-bond acceptors (Lipinski definition) is 16. The van der Waals surface area contributed by atoms with E-state index in [0.717, 1.165) is 33.9 Å². The van der Waals surface area contributed by atoms with Gasteiger partial charge in [-0.15, -0.1) is 0 Å². The van der Waals surface area contributed by atoms with Gasteiger partial charge in [-0.05, 0) is 73.5 Å². The average molecular weight is 915 g/mol. The van der Waals surface area contributed by atoms with E-state index in [1.807, 2.05) is 72.8 Å². The Balaban J connectivity index is -0.000000205. The molecule has 0 spiro atoms. The molecule has 21 heteroatoms. The molecule has 6 aromatic rings. The number of carboxylic acid groups (broad SMARTS) is 2. The second kappa shape index (κ2) is 40.6. The second-order valence-electron chi connectivity index (χ2n) is 9.96. The van der Waals surface area contributed by atoms with Gasteiger partial charge in [0, 0.05) is 49.8 Å². The minimum absolute atomic E-state index is 0. The summed E-state index contributed by atoms with van der Waals surface area (Å²) in [6.45, 7) is 6.34. The molecule has 0 saturated heterocycles. The summed E-state index contributed by atoms with van der Waals surface area (Å²) in [6.07, 6.45) is 7.07. The van der Waals surface area contributed by atoms with Crippen LogP contribution in [0.4, 0.5) is 0 Å². The zero-order valence-electron chi connectivity index (χ0n) is 32.7. The molecule has 0 amide bonds. The third kappa shape index (κ3) is 34.1. The van der Waals surface area contributed by atoms with Crippen LogP contribution in [0.5, 0.6) is 0 Å². The normalized spacial score (nSPS) is 7.90. The maximum atomic E-state index is 10.3. The summed E-state index contributed by atoms with van der Waals surface area (Å²) in [4.78, 5) is 53.9. The molecule has 0 unspecified atom stereocenters. The van der Waals surface area contributed by atoms with E-state index in [1.165, 1.54) is 26.0 Å². The summed E-state index contributed by atoms with van der Waals surface area (Å²) < 4.78 is 0. The van der Waals surface area contributed by atoms with Gasteiger partial charge in [0.05, 0.1) is 57.0 Å². The van der Waals surface area contributed by atoms with Crippen molar-refractivity contribution in [3.8, 4) is 34.9 Å². The molecule has 0 aliphatic carbocycles. The largest absolute Gasteiger partial charge is 3.00 e. The van der Waals surface area contributed by atoms with Crippen LogP contribution < -0.4 is 10.2 Å². The van der Waals surface area contributed by atoms with E-state index in [4.69, 9.17) is 41.2 Å². The first kappa shape index (κ1) is 62.6. The summed E-state index contributed by atoms with van der Waals surface area (Å²) in [6, 6.07) is 40.2. The standard InChI is InChI=1S/2C10H8N2.2C8H8O2.2C2H3N.2Mn.2NO3.O/c2*1-3-7-11-9(5-1)10-6-2-4-8-12-10;2*1-6-4-2-3-5-7(6)8(9)10;2*1-2-3;;;2*2-1(3)4;/h2*1-8H;2*2-5H,1H3,(H,9,10);2*1H3;;;;;/q;;;;;;2*+3;2*-1;-2/p-2. The molecule has 0 radical (unpaired) electrons. The van der Waals surface area contributed by atoms with Crippen LogP contribution in [0.3, 0.4) is 0 Å². The first-order valence-corrected chi connectivity index (χ1v) is 16.1. The number of carbonyl (C=O) groups is 2. The Morgan fingerprint density at radius 2 is 0.656 bits per heavy atom. The van der Waals surface area contributed by atoms with Crippen LogP contribution in [0.25, 0.3) is 22.8 Å². The van der Waals surface area contributed by atoms with Gasteiger partial charge >= 0.3 is 34.1 Å². The minimum atomic E-state index is -1.75. The number of aromatic carboxylic acids is 2. The van der Waals surface area contributed by atoms with Gasteiger partial charge in [0.25, 0.3) is 0 Å². The monoisotopic (exact) mass is 914 g/mol. The number of nitrogens with zero attached hydrogens (tertiary/aromatic N) is 8. The summed E-state index contributed by atoms with van der Waals surface area (Å²) in [5.74, 6) is -2.23. The van der Waals surface area contributed by atoms with Crippen molar-refractivity contribution in [2.75, 3.05) is 0 Å². The molecule has 6 rings (SSSR count). The smallest absolute Gasteiger partial charge is 2.00 e. The summed E-state index contributed by atoms with van der Waals surface area (Å²) in [5.41, 5.74) is 5.67. The number of hydrogen-bond donors (Lipinski definition) is 0. The molecule has 2 aromatic carbocycles. The van der Waals surface area contributed by atoms with Crippen LogP contribution in [-0.4, -0.2) is 42.0 Å². The fourth-order valence-electron chi connectivity index (χ4n) is 3.66. The summed E-state index contributed by atoms with van der Waals surface area (Å²) in [7, 11) is 0. The van der Waals surface area contributed by atoms with Crippen LogP contribution in [0.2, 0.25) is 0 Å². The third-order valence-corrected chi connectivity index (χ3v) is 5.91. The van der Waals surface area contributed by atoms with E-state index in [0.29, 0.717) is 0 Å². The van der Waals surface area contributed by atoms with Crippen LogP contribution >= 0.6 is 0 Å². The molecule has 0 atom stereocenters. The van der Waals surface area contributed by atoms with Crippen molar-refractivity contribution in [1.29, 1.82) is 10.5 Å². The number of benzene rings is 2. The zero-order valence-corrected chi connectivity index (χ0v) is 35.0. The van der Waals surface area contributed by atoms with Crippen molar-refractivity contribution in [1.82, 2.24) is 19.9 Å². The van der Waals surface area contributed by atoms with E-state index in [1.54, 1.807) is 87.2 Å². The van der Waals surface area contributed by atoms with E-state index < -0.39 is 22.1 Å². The van der Waals surface area contributed by atoms with Crippen molar-refractivity contribution in [2.45, 2.75) is 27.7 Å². The van der Waals surface area contributed by atoms with Crippen LogP contribution in [0.1, 0.15) is 45.7 Å². The predicted molar refractivity (Wildman–Crippen MR) is 210 cm³/mol. The van der Waals surface area contributed by atoms with Gasteiger partial charge in [-0.3, -0.25) is 19.9 Å². The molecule has 19 nitrogen and oxygen atoms in total. The number of pyridine rings is 4. The van der Waals surface area contributed by atoms with Gasteiger partial charge in [0.15, 0.2) is 0 Å². The molecular weight excluding hydrogens is 878 g/mol. The Labute approximate surface area is 372 Å². The molecule has 61 heavy (non-hydrogen) atoms. The number of aromatic nitrogens is 4. The maximum Gasteiger partial charge on any atom is 3.00 e. The topological polar surface area (TPSA) is 340 Å². The van der Waals surface area contributed by atoms with Gasteiger partial charge in [-0.2, -0.15) is 10.5 Å². The van der Waals surface area contributed by atoms with Crippen molar-refractivity contribution in [3.63, 3.8) is 0 Å². The first-order chi connectivity index (χ1) is 27.7. The Hall–Kier alpha value is -7.64. The van der Waals surface area contributed by atoms with E-state index in [9.17, 15) is 19.8 Å². The number of rotatable bonds is 4. The van der Waals surface area contributed by atoms with Crippen molar-refractivity contribution >= 4 is 11.9 Å². The first-order valence-electron chi connectivity index (χ1n) is 16.1. The SMILES string of the molecule is CC#N.CC#N.Cc1ccccc1C(=O)[O-].Cc1ccccc1C(=O)[O-].O=[N+]([O-])[O-].O=[N+]([O-])[O-].[Mn+3].[Mn+3].[O-2].c1ccc(-c2ccccn2)nc1.c1ccc(-c2ccccn2)nc1. The zero-order chi connectivity index (χ0) is 44.1. The molecule has 4 heterocycles. The number of carbonyl (C=O) groups excluding carboxylic acids is 2. The van der Waals surface area contributed by atoms with Crippen molar-refractivity contribution < 1.29 is 69.6 Å². The number of nitriles is 2. The summed E-state index contributed by atoms with van der Waals surface area (Å²) in [5, 5.41) is 64.8. The van der Waals surface area contributed by atoms with E-state index in [2.05, 4.69) is 19.9 Å². The molecule has 0 aliphatic rings. The number of carboxylic acids is 2. The quantitative estimate of drug-likeness (QED) is 0.120. The molecular formula is C40H36Mn2N8O11. The fraction of sp³-hybridized carbons (Fsp3) is 0.100. The van der Waals surface area contributed by atoms with Gasteiger partial charge in [-0.25, -0.2) is 0 Å². The summed E-state index contributed by atoms with van der Waals surface area (Å²) >= 11 is 0. The van der Waals surface area contributed by atoms with Gasteiger partial charge in [-0.1, -0.05) is 72.8 Å². The van der Waals surface area contributed by atoms with Gasteiger partial charge in [0.2, 0.25) is 0 Å². The van der Waals surface area contributed by atoms with Crippen molar-refractivity contribution in [3.05, 3.63) is 199 Å². The minimum Gasteiger partial charge on any atom is -2.00 e. The predicted octanol–water partition coefficient (Wildman–Crippen LogP) is 5.46. The van der Waals surface area contributed by atoms with Crippen LogP contribution in [0, 0.1) is 67.2 Å². The fourth-order valence-corrected chi connectivity index (χ4v) is 3.66. The van der Waals surface area contributed by atoms with Crippen LogP contribution in [-0.2, 0) is 39.6 Å². The second-order valence-corrected chi connectivity index (χ2v) is 9.96. The van der Waals surface area contributed by atoms with E-state index >= 15 is 0 Å². The Morgan fingerprint density at radius 1 is 0.475 bits per heavy atom. The average Bonchev–Trinajstić information content (AvgIpc) is 3.20. The van der Waals surface area contributed by atoms with Gasteiger partial charge < -0.3 is 55.9 Å². The maximum absolute atomic E-state index is 10.3. The molecule has 316 valence electrons. The van der Waals surface area contributed by atoms with Gasteiger partial charge in [0.1, 0.15) is 0 Å². The molecule has 0 aliphatic heterocycles. The molecule has 0 saturated carbocycles. The molecule has 0 fully saturated rings. The third-order valence-electron chi connectivity index (χ3n) is 5.91. The van der Waals surface area contributed by atoms with Crippen LogP contribution in [0.15, 0.2) is 146 Å². The van der Waals surface area contributed by atoms with Crippen molar-refractivity contribution in [2.24, 2.45) is 0 Å². The number of aryl methyl sites for hydroxylation is 2. The molecule has 0 N–H and O–H groups in total. The molecule has 4 aromatic heterocycles. The Morgan fingerprint density at radius 3 is 0.787 bits per heavy atom. The Bertz CT molecular complexity index is 1910. The molecule has 0 bridgehead atoms.